The third kappa shape index (κ3) is 4.97. The van der Waals surface area contributed by atoms with E-state index >= 15 is 0 Å². The quantitative estimate of drug-likeness (QED) is 0.664. The van der Waals surface area contributed by atoms with Gasteiger partial charge in [0.25, 0.3) is 10.0 Å². The van der Waals surface area contributed by atoms with Crippen molar-refractivity contribution in [3.8, 4) is 0 Å². The van der Waals surface area contributed by atoms with Gasteiger partial charge in [-0.15, -0.1) is 3.77 Å². The summed E-state index contributed by atoms with van der Waals surface area (Å²) in [4.78, 5) is 5.64. The minimum atomic E-state index is -4.52. The van der Waals surface area contributed by atoms with Crippen molar-refractivity contribution in [3.63, 3.8) is 0 Å². The van der Waals surface area contributed by atoms with Crippen LogP contribution >= 0.6 is 23.2 Å². The van der Waals surface area contributed by atoms with Crippen molar-refractivity contribution in [2.45, 2.75) is 11.1 Å². The number of sulfonamides is 1. The van der Waals surface area contributed by atoms with Gasteiger partial charge in [0.2, 0.25) is 0 Å². The van der Waals surface area contributed by atoms with Gasteiger partial charge in [0, 0.05) is 35.8 Å². The first-order valence-corrected chi connectivity index (χ1v) is 11.7. The second-order valence-electron chi connectivity index (χ2n) is 5.89. The second kappa shape index (κ2) is 8.17. The highest BCUT2D eigenvalue weighted by Crippen LogP contribution is 2.33. The average molecular weight is 472 g/mol. The van der Waals surface area contributed by atoms with E-state index in [0.717, 1.165) is 12.3 Å². The number of aromatic nitrogens is 1. The van der Waals surface area contributed by atoms with Crippen LogP contribution in [0.15, 0.2) is 45.2 Å². The molecule has 0 radical (unpaired) electrons. The Kier molecular flexibility index (Phi) is 6.23. The summed E-state index contributed by atoms with van der Waals surface area (Å²) < 4.78 is 67.0. The van der Waals surface area contributed by atoms with Crippen LogP contribution in [-0.2, 0) is 26.9 Å². The molecule has 1 aromatic heterocycles. The van der Waals surface area contributed by atoms with Gasteiger partial charge >= 0.3 is 6.18 Å². The van der Waals surface area contributed by atoms with Gasteiger partial charge < -0.3 is 4.90 Å². The zero-order chi connectivity index (χ0) is 20.5. The van der Waals surface area contributed by atoms with E-state index < -0.39 is 32.5 Å². The molecule has 2 aromatic rings. The number of benzene rings is 1. The molecule has 0 atom stereocenters. The van der Waals surface area contributed by atoms with Crippen molar-refractivity contribution in [2.75, 3.05) is 29.5 Å². The zero-order valence-corrected chi connectivity index (χ0v) is 17.3. The SMILES string of the molecule is O=S(=O)(N=S1CCN(c2ncc(C(F)(F)F)cc2Cl)CC1)c1ccc(Cl)cc1. The predicted molar refractivity (Wildman–Crippen MR) is 105 cm³/mol. The Balaban J connectivity index is 1.72. The molecule has 0 spiro atoms. The largest absolute Gasteiger partial charge is 0.417 e. The molecular formula is C16H14Cl2F3N3O2S2. The summed E-state index contributed by atoms with van der Waals surface area (Å²) in [5.74, 6) is 1.12. The lowest BCUT2D eigenvalue weighted by molar-refractivity contribution is -0.137. The van der Waals surface area contributed by atoms with Crippen LogP contribution in [0.4, 0.5) is 19.0 Å². The Morgan fingerprint density at radius 1 is 1.11 bits per heavy atom. The van der Waals surface area contributed by atoms with Crippen molar-refractivity contribution < 1.29 is 21.6 Å². The molecule has 5 nitrogen and oxygen atoms in total. The highest BCUT2D eigenvalue weighted by molar-refractivity contribution is 8.00. The van der Waals surface area contributed by atoms with Crippen LogP contribution in [0.2, 0.25) is 10.0 Å². The molecule has 3 rings (SSSR count). The minimum absolute atomic E-state index is 0.0688. The van der Waals surface area contributed by atoms with E-state index in [9.17, 15) is 21.6 Å². The van der Waals surface area contributed by atoms with Crippen molar-refractivity contribution >= 4 is 49.7 Å². The topological polar surface area (TPSA) is 62.6 Å². The molecule has 0 aliphatic carbocycles. The summed E-state index contributed by atoms with van der Waals surface area (Å²) in [5.41, 5.74) is -0.915. The summed E-state index contributed by atoms with van der Waals surface area (Å²) >= 11 is 11.7. The van der Waals surface area contributed by atoms with Gasteiger partial charge in [0.1, 0.15) is 5.82 Å². The molecule has 2 heterocycles. The van der Waals surface area contributed by atoms with Crippen LogP contribution in [0, 0.1) is 0 Å². The van der Waals surface area contributed by atoms with Crippen molar-refractivity contribution in [1.29, 1.82) is 0 Å². The second-order valence-corrected chi connectivity index (χ2v) is 10.5. The minimum Gasteiger partial charge on any atom is -0.354 e. The predicted octanol–water partition coefficient (Wildman–Crippen LogP) is 4.42. The molecule has 0 saturated carbocycles. The number of nitrogens with zero attached hydrogens (tertiary/aromatic N) is 3. The maximum absolute atomic E-state index is 12.7. The van der Waals surface area contributed by atoms with E-state index in [4.69, 9.17) is 23.2 Å². The smallest absolute Gasteiger partial charge is 0.354 e. The summed E-state index contributed by atoms with van der Waals surface area (Å²) in [7, 11) is -4.52. The van der Waals surface area contributed by atoms with Crippen molar-refractivity contribution in [3.05, 3.63) is 52.1 Å². The normalized spacial score (nSPS) is 16.2. The average Bonchev–Trinajstić information content (AvgIpc) is 2.62. The van der Waals surface area contributed by atoms with E-state index in [1.807, 2.05) is 0 Å². The fourth-order valence-corrected chi connectivity index (χ4v) is 6.55. The molecule has 1 aliphatic heterocycles. The Morgan fingerprint density at radius 3 is 2.25 bits per heavy atom. The highest BCUT2D eigenvalue weighted by atomic mass is 35.5. The van der Waals surface area contributed by atoms with Crippen LogP contribution in [0.5, 0.6) is 0 Å². The molecule has 1 fully saturated rings. The maximum Gasteiger partial charge on any atom is 0.417 e. The van der Waals surface area contributed by atoms with Gasteiger partial charge in [-0.3, -0.25) is 0 Å². The number of hydrogen-bond donors (Lipinski definition) is 0. The number of rotatable bonds is 3. The van der Waals surface area contributed by atoms with Crippen LogP contribution < -0.4 is 4.90 Å². The molecule has 12 heteroatoms. The van der Waals surface area contributed by atoms with Gasteiger partial charge in [-0.2, -0.15) is 21.6 Å². The summed E-state index contributed by atoms with van der Waals surface area (Å²) in [6.07, 6.45) is -3.77. The first-order valence-electron chi connectivity index (χ1n) is 7.95. The summed E-state index contributed by atoms with van der Waals surface area (Å²) in [5, 5.41) is 0.331. The van der Waals surface area contributed by atoms with Gasteiger partial charge in [-0.25, -0.2) is 4.98 Å². The van der Waals surface area contributed by atoms with Crippen molar-refractivity contribution in [2.24, 2.45) is 3.77 Å². The van der Waals surface area contributed by atoms with Crippen LogP contribution in [0.25, 0.3) is 0 Å². The third-order valence-corrected chi connectivity index (χ3v) is 8.29. The van der Waals surface area contributed by atoms with E-state index in [1.165, 1.54) is 24.3 Å². The summed E-state index contributed by atoms with van der Waals surface area (Å²) in [6.45, 7) is 0.779. The molecule has 28 heavy (non-hydrogen) atoms. The van der Waals surface area contributed by atoms with E-state index in [1.54, 1.807) is 4.90 Å². The fourth-order valence-electron chi connectivity index (χ4n) is 2.54. The first-order chi connectivity index (χ1) is 13.1. The van der Waals surface area contributed by atoms with Gasteiger partial charge in [0.15, 0.2) is 0 Å². The van der Waals surface area contributed by atoms with Crippen LogP contribution in [0.3, 0.4) is 0 Å². The molecule has 152 valence electrons. The standard InChI is InChI=1S/C16H14Cl2F3N3O2S2/c17-12-1-3-13(4-2-12)28(25,26)23-27-7-5-24(6-8-27)15-14(18)9-11(10-22-15)16(19,20)21/h1-4,9-10H,5-8H2. The molecular weight excluding hydrogens is 458 g/mol. The number of hydrogen-bond acceptors (Lipinski definition) is 4. The number of alkyl halides is 3. The Labute approximate surface area is 172 Å². The molecule has 0 amide bonds. The number of anilines is 1. The first kappa shape index (κ1) is 21.4. The van der Waals surface area contributed by atoms with Crippen LogP contribution in [-0.4, -0.2) is 38.0 Å². The molecule has 1 aromatic carbocycles. The molecule has 0 bridgehead atoms. The third-order valence-electron chi connectivity index (χ3n) is 3.96. The van der Waals surface area contributed by atoms with E-state index in [0.29, 0.717) is 29.6 Å². The molecule has 1 saturated heterocycles. The Morgan fingerprint density at radius 2 is 1.71 bits per heavy atom. The van der Waals surface area contributed by atoms with Gasteiger partial charge in [-0.1, -0.05) is 33.9 Å². The zero-order valence-electron chi connectivity index (χ0n) is 14.2. The lowest BCUT2D eigenvalue weighted by atomic mass is 10.2. The van der Waals surface area contributed by atoms with E-state index in [-0.39, 0.29) is 15.7 Å². The Bertz CT molecular complexity index is 1000. The fraction of sp³-hybridized carbons (Fsp3) is 0.312. The number of halogens is 5. The van der Waals surface area contributed by atoms with E-state index in [2.05, 4.69) is 8.75 Å². The lowest BCUT2D eigenvalue weighted by Crippen LogP contribution is -2.38. The maximum atomic E-state index is 12.7. The monoisotopic (exact) mass is 471 g/mol. The van der Waals surface area contributed by atoms with Gasteiger partial charge in [-0.05, 0) is 30.3 Å². The van der Waals surface area contributed by atoms with Crippen LogP contribution in [0.1, 0.15) is 5.56 Å². The van der Waals surface area contributed by atoms with Crippen molar-refractivity contribution in [1.82, 2.24) is 4.98 Å². The molecule has 0 unspecified atom stereocenters. The molecule has 0 N–H and O–H groups in total. The molecule has 1 aliphatic rings. The Hall–Kier alpha value is -1.36. The highest BCUT2D eigenvalue weighted by Gasteiger charge is 2.32. The van der Waals surface area contributed by atoms with Gasteiger partial charge in [0.05, 0.1) is 15.5 Å². The lowest BCUT2D eigenvalue weighted by Gasteiger charge is -2.29. The number of pyridine rings is 1. The summed E-state index contributed by atoms with van der Waals surface area (Å²) in [6, 6.07) is 6.59.